The standard InChI is InChI=1S/C14H16N4O/c15-12-6-7-13(19)17-14(12)10-8-16-18(9-10)11-4-2-1-3-5-11/h1-5,8-9,12,14H,6-7,15H2,(H,17,19). The number of hydrogen-bond donors (Lipinski definition) is 2. The van der Waals surface area contributed by atoms with Gasteiger partial charge in [-0.15, -0.1) is 0 Å². The van der Waals surface area contributed by atoms with E-state index in [1.54, 1.807) is 10.9 Å². The van der Waals surface area contributed by atoms with Crippen LogP contribution in [0.15, 0.2) is 42.7 Å². The van der Waals surface area contributed by atoms with Crippen molar-refractivity contribution >= 4 is 5.91 Å². The van der Waals surface area contributed by atoms with Crippen molar-refractivity contribution in [3.05, 3.63) is 48.3 Å². The molecule has 3 rings (SSSR count). The fourth-order valence-corrected chi connectivity index (χ4v) is 2.37. The van der Waals surface area contributed by atoms with E-state index in [0.717, 1.165) is 11.3 Å². The molecule has 98 valence electrons. The molecule has 5 heteroatoms. The van der Waals surface area contributed by atoms with Crippen LogP contribution in [0, 0.1) is 0 Å². The molecule has 2 atom stereocenters. The van der Waals surface area contributed by atoms with Crippen LogP contribution < -0.4 is 11.1 Å². The fraction of sp³-hybridized carbons (Fsp3) is 0.286. The van der Waals surface area contributed by atoms with E-state index in [9.17, 15) is 4.79 Å². The van der Waals surface area contributed by atoms with E-state index in [2.05, 4.69) is 10.4 Å². The first-order valence-electron chi connectivity index (χ1n) is 6.39. The first-order valence-corrected chi connectivity index (χ1v) is 6.39. The van der Waals surface area contributed by atoms with Crippen LogP contribution in [0.5, 0.6) is 0 Å². The number of aromatic nitrogens is 2. The summed E-state index contributed by atoms with van der Waals surface area (Å²) in [6.45, 7) is 0. The topological polar surface area (TPSA) is 72.9 Å². The number of nitrogens with zero attached hydrogens (tertiary/aromatic N) is 2. The van der Waals surface area contributed by atoms with Crippen LogP contribution in [0.2, 0.25) is 0 Å². The summed E-state index contributed by atoms with van der Waals surface area (Å²) >= 11 is 0. The lowest BCUT2D eigenvalue weighted by Crippen LogP contribution is -2.45. The number of amides is 1. The number of nitrogens with two attached hydrogens (primary N) is 1. The summed E-state index contributed by atoms with van der Waals surface area (Å²) in [4.78, 5) is 11.5. The van der Waals surface area contributed by atoms with E-state index in [1.165, 1.54) is 0 Å². The normalized spacial score (nSPS) is 23.1. The number of carbonyl (C=O) groups excluding carboxylic acids is 1. The molecule has 0 saturated carbocycles. The summed E-state index contributed by atoms with van der Waals surface area (Å²) in [5.41, 5.74) is 8.01. The van der Waals surface area contributed by atoms with Crippen LogP contribution in [0.4, 0.5) is 0 Å². The molecule has 1 saturated heterocycles. The molecule has 1 amide bonds. The molecule has 1 fully saturated rings. The Kier molecular flexibility index (Phi) is 3.05. The van der Waals surface area contributed by atoms with Crippen LogP contribution in [0.1, 0.15) is 24.4 Å². The molecule has 1 aliphatic heterocycles. The molecule has 0 spiro atoms. The number of carbonyl (C=O) groups is 1. The number of para-hydroxylation sites is 1. The van der Waals surface area contributed by atoms with Crippen LogP contribution in [0.3, 0.4) is 0 Å². The summed E-state index contributed by atoms with van der Waals surface area (Å²) in [6.07, 6.45) is 4.91. The largest absolute Gasteiger partial charge is 0.348 e. The summed E-state index contributed by atoms with van der Waals surface area (Å²) < 4.78 is 1.79. The Morgan fingerprint density at radius 3 is 2.89 bits per heavy atom. The molecule has 2 unspecified atom stereocenters. The Morgan fingerprint density at radius 1 is 1.32 bits per heavy atom. The summed E-state index contributed by atoms with van der Waals surface area (Å²) in [6, 6.07) is 9.66. The monoisotopic (exact) mass is 256 g/mol. The molecule has 0 aliphatic carbocycles. The highest BCUT2D eigenvalue weighted by atomic mass is 16.1. The van der Waals surface area contributed by atoms with Crippen molar-refractivity contribution in [2.24, 2.45) is 5.73 Å². The Morgan fingerprint density at radius 2 is 2.11 bits per heavy atom. The third kappa shape index (κ3) is 2.37. The summed E-state index contributed by atoms with van der Waals surface area (Å²) in [7, 11) is 0. The Hall–Kier alpha value is -2.14. The van der Waals surface area contributed by atoms with Crippen molar-refractivity contribution in [1.29, 1.82) is 0 Å². The second-order valence-electron chi connectivity index (χ2n) is 4.80. The smallest absolute Gasteiger partial charge is 0.220 e. The Bertz CT molecular complexity index is 578. The Balaban J connectivity index is 1.87. The minimum atomic E-state index is -0.140. The van der Waals surface area contributed by atoms with Crippen LogP contribution >= 0.6 is 0 Å². The minimum absolute atomic E-state index is 0.0499. The number of benzene rings is 1. The van der Waals surface area contributed by atoms with Crippen LogP contribution in [-0.2, 0) is 4.79 Å². The van der Waals surface area contributed by atoms with Gasteiger partial charge < -0.3 is 11.1 Å². The van der Waals surface area contributed by atoms with Crippen molar-refractivity contribution in [2.75, 3.05) is 0 Å². The number of nitrogens with one attached hydrogen (secondary N) is 1. The van der Waals surface area contributed by atoms with Crippen LogP contribution in [0.25, 0.3) is 5.69 Å². The molecule has 1 aromatic carbocycles. The fourth-order valence-electron chi connectivity index (χ4n) is 2.37. The quantitative estimate of drug-likeness (QED) is 0.846. The summed E-state index contributed by atoms with van der Waals surface area (Å²) in [5, 5.41) is 7.26. The molecule has 3 N–H and O–H groups in total. The van der Waals surface area contributed by atoms with Gasteiger partial charge in [0.15, 0.2) is 0 Å². The van der Waals surface area contributed by atoms with Crippen LogP contribution in [-0.4, -0.2) is 21.7 Å². The molecule has 2 heterocycles. The zero-order chi connectivity index (χ0) is 13.2. The first kappa shape index (κ1) is 11.9. The van der Waals surface area contributed by atoms with Crippen molar-refractivity contribution in [3.8, 4) is 5.69 Å². The SMILES string of the molecule is NC1CCC(=O)NC1c1cnn(-c2ccccc2)c1. The highest BCUT2D eigenvalue weighted by molar-refractivity contribution is 5.77. The van der Waals surface area contributed by atoms with Gasteiger partial charge in [-0.3, -0.25) is 4.79 Å². The van der Waals surface area contributed by atoms with Gasteiger partial charge in [0.25, 0.3) is 0 Å². The Labute approximate surface area is 111 Å². The van der Waals surface area contributed by atoms with Gasteiger partial charge in [0.2, 0.25) is 5.91 Å². The number of rotatable bonds is 2. The van der Waals surface area contributed by atoms with Gasteiger partial charge in [-0.25, -0.2) is 4.68 Å². The van der Waals surface area contributed by atoms with E-state index in [1.807, 2.05) is 36.5 Å². The average Bonchev–Trinajstić information content (AvgIpc) is 2.92. The zero-order valence-electron chi connectivity index (χ0n) is 10.5. The lowest BCUT2D eigenvalue weighted by atomic mass is 9.95. The minimum Gasteiger partial charge on any atom is -0.348 e. The maximum atomic E-state index is 11.5. The molecular weight excluding hydrogens is 240 g/mol. The predicted molar refractivity (Wildman–Crippen MR) is 71.7 cm³/mol. The third-order valence-corrected chi connectivity index (χ3v) is 3.43. The van der Waals surface area contributed by atoms with Gasteiger partial charge in [-0.2, -0.15) is 5.10 Å². The van der Waals surface area contributed by atoms with E-state index in [0.29, 0.717) is 12.8 Å². The summed E-state index contributed by atoms with van der Waals surface area (Å²) in [5.74, 6) is 0.0548. The highest BCUT2D eigenvalue weighted by Crippen LogP contribution is 2.23. The molecule has 5 nitrogen and oxygen atoms in total. The molecule has 0 radical (unpaired) electrons. The van der Waals surface area contributed by atoms with Crippen molar-refractivity contribution in [3.63, 3.8) is 0 Å². The lowest BCUT2D eigenvalue weighted by Gasteiger charge is -2.28. The van der Waals surface area contributed by atoms with Gasteiger partial charge in [0.05, 0.1) is 17.9 Å². The van der Waals surface area contributed by atoms with E-state index in [-0.39, 0.29) is 18.0 Å². The number of piperidine rings is 1. The van der Waals surface area contributed by atoms with Crippen molar-refractivity contribution in [2.45, 2.75) is 24.9 Å². The van der Waals surface area contributed by atoms with E-state index < -0.39 is 0 Å². The van der Waals surface area contributed by atoms with Gasteiger partial charge in [0, 0.05) is 24.2 Å². The van der Waals surface area contributed by atoms with Gasteiger partial charge in [0.1, 0.15) is 0 Å². The van der Waals surface area contributed by atoms with Gasteiger partial charge in [-0.1, -0.05) is 18.2 Å². The van der Waals surface area contributed by atoms with Gasteiger partial charge >= 0.3 is 0 Å². The third-order valence-electron chi connectivity index (χ3n) is 3.43. The molecule has 2 aromatic rings. The first-order chi connectivity index (χ1) is 9.24. The van der Waals surface area contributed by atoms with Crippen molar-refractivity contribution in [1.82, 2.24) is 15.1 Å². The highest BCUT2D eigenvalue weighted by Gasteiger charge is 2.28. The lowest BCUT2D eigenvalue weighted by molar-refractivity contribution is -0.123. The zero-order valence-corrected chi connectivity index (χ0v) is 10.5. The van der Waals surface area contributed by atoms with Gasteiger partial charge in [-0.05, 0) is 18.6 Å². The van der Waals surface area contributed by atoms with E-state index in [4.69, 9.17) is 5.73 Å². The number of hydrogen-bond acceptors (Lipinski definition) is 3. The maximum Gasteiger partial charge on any atom is 0.220 e. The van der Waals surface area contributed by atoms with Crippen molar-refractivity contribution < 1.29 is 4.79 Å². The molecule has 19 heavy (non-hydrogen) atoms. The predicted octanol–water partition coefficient (Wildman–Crippen LogP) is 1.15. The molecule has 0 bridgehead atoms. The second kappa shape index (κ2) is 4.85. The molecular formula is C14H16N4O. The average molecular weight is 256 g/mol. The molecule has 1 aliphatic rings. The molecule has 1 aromatic heterocycles. The second-order valence-corrected chi connectivity index (χ2v) is 4.80. The van der Waals surface area contributed by atoms with E-state index >= 15 is 0 Å². The maximum absolute atomic E-state index is 11.5.